The van der Waals surface area contributed by atoms with Crippen molar-refractivity contribution >= 4 is 11.9 Å². The van der Waals surface area contributed by atoms with Crippen molar-refractivity contribution in [3.63, 3.8) is 0 Å². The summed E-state index contributed by atoms with van der Waals surface area (Å²) in [6, 6.07) is 0. The van der Waals surface area contributed by atoms with Crippen molar-refractivity contribution in [1.82, 2.24) is 20.9 Å². The molecule has 128 valence electrons. The van der Waals surface area contributed by atoms with Crippen molar-refractivity contribution in [2.75, 3.05) is 39.3 Å². The van der Waals surface area contributed by atoms with Crippen molar-refractivity contribution in [3.8, 4) is 0 Å². The number of hydrazine groups is 2. The molecule has 4 N–H and O–H groups in total. The minimum absolute atomic E-state index is 0.0417. The van der Waals surface area contributed by atoms with E-state index in [-0.39, 0.29) is 13.1 Å². The van der Waals surface area contributed by atoms with E-state index in [0.29, 0.717) is 0 Å². The summed E-state index contributed by atoms with van der Waals surface area (Å²) in [5.74, 6) is -1.59. The molecule has 0 aliphatic carbocycles. The second-order valence-corrected chi connectivity index (χ2v) is 5.55. The standard InChI is InChI=1S/2C7H14N2O2/c2*10-7(11)6-8-9-4-2-1-3-5-9/h2*8H,1-6H2,(H,10,11). The SMILES string of the molecule is O=C(O)CNN1CCCCC1.O=C(O)CNN1CCCCC1. The first-order chi connectivity index (χ1) is 10.6. The second-order valence-electron chi connectivity index (χ2n) is 5.55. The third-order valence-electron chi connectivity index (χ3n) is 3.62. The van der Waals surface area contributed by atoms with Crippen molar-refractivity contribution in [1.29, 1.82) is 0 Å². The smallest absolute Gasteiger partial charge is 0.318 e. The van der Waals surface area contributed by atoms with Gasteiger partial charge in [0.1, 0.15) is 13.1 Å². The summed E-state index contributed by atoms with van der Waals surface area (Å²) in [7, 11) is 0. The maximum absolute atomic E-state index is 10.2. The Labute approximate surface area is 131 Å². The predicted octanol–water partition coefficient (Wildman–Crippen LogP) is 0.123. The summed E-state index contributed by atoms with van der Waals surface area (Å²) in [6.45, 7) is 4.00. The number of hydrogen-bond donors (Lipinski definition) is 4. The van der Waals surface area contributed by atoms with Crippen LogP contribution in [0.5, 0.6) is 0 Å². The summed E-state index contributed by atoms with van der Waals surface area (Å²) in [4.78, 5) is 20.3. The molecule has 2 fully saturated rings. The zero-order valence-electron chi connectivity index (χ0n) is 13.1. The summed E-state index contributed by atoms with van der Waals surface area (Å²) in [5, 5.41) is 20.7. The molecule has 0 unspecified atom stereocenters. The van der Waals surface area contributed by atoms with E-state index < -0.39 is 11.9 Å². The van der Waals surface area contributed by atoms with Gasteiger partial charge in [0.2, 0.25) is 0 Å². The molecule has 2 aliphatic heterocycles. The van der Waals surface area contributed by atoms with Gasteiger partial charge in [0.15, 0.2) is 0 Å². The molecule has 0 amide bonds. The number of carboxylic acids is 2. The predicted molar refractivity (Wildman–Crippen MR) is 82.1 cm³/mol. The van der Waals surface area contributed by atoms with Crippen molar-refractivity contribution in [2.45, 2.75) is 38.5 Å². The number of nitrogens with one attached hydrogen (secondary N) is 2. The summed E-state index contributed by atoms with van der Waals surface area (Å²) >= 11 is 0. The minimum atomic E-state index is -0.796. The largest absolute Gasteiger partial charge is 0.480 e. The zero-order valence-corrected chi connectivity index (χ0v) is 13.1. The van der Waals surface area contributed by atoms with Crippen LogP contribution in [0.15, 0.2) is 0 Å². The van der Waals surface area contributed by atoms with Gasteiger partial charge >= 0.3 is 11.9 Å². The summed E-state index contributed by atoms with van der Waals surface area (Å²) in [6.07, 6.45) is 7.23. The van der Waals surface area contributed by atoms with Gasteiger partial charge < -0.3 is 10.2 Å². The molecular formula is C14H28N4O4. The van der Waals surface area contributed by atoms with Crippen LogP contribution in [0.3, 0.4) is 0 Å². The second kappa shape index (κ2) is 11.4. The number of piperidine rings is 2. The van der Waals surface area contributed by atoms with Gasteiger partial charge in [0.05, 0.1) is 0 Å². The zero-order chi connectivity index (χ0) is 16.2. The van der Waals surface area contributed by atoms with E-state index in [1.165, 1.54) is 38.5 Å². The lowest BCUT2D eigenvalue weighted by Gasteiger charge is -2.26. The van der Waals surface area contributed by atoms with Crippen LogP contribution in [0, 0.1) is 0 Å². The third kappa shape index (κ3) is 9.67. The summed E-state index contributed by atoms with van der Waals surface area (Å²) in [5.41, 5.74) is 5.71. The van der Waals surface area contributed by atoms with Crippen LogP contribution in [-0.2, 0) is 9.59 Å². The van der Waals surface area contributed by atoms with Gasteiger partial charge in [0, 0.05) is 26.2 Å². The molecule has 2 saturated heterocycles. The van der Waals surface area contributed by atoms with E-state index in [0.717, 1.165) is 26.2 Å². The van der Waals surface area contributed by atoms with Crippen molar-refractivity contribution in [3.05, 3.63) is 0 Å². The molecule has 22 heavy (non-hydrogen) atoms. The van der Waals surface area contributed by atoms with Crippen LogP contribution in [0.1, 0.15) is 38.5 Å². The fourth-order valence-corrected chi connectivity index (χ4v) is 2.46. The number of nitrogens with zero attached hydrogens (tertiary/aromatic N) is 2. The highest BCUT2D eigenvalue weighted by atomic mass is 16.4. The molecule has 8 heteroatoms. The van der Waals surface area contributed by atoms with Crippen LogP contribution in [0.2, 0.25) is 0 Å². The fraction of sp³-hybridized carbons (Fsp3) is 0.857. The van der Waals surface area contributed by atoms with Crippen LogP contribution in [0.4, 0.5) is 0 Å². The van der Waals surface area contributed by atoms with Crippen LogP contribution in [0.25, 0.3) is 0 Å². The molecular weight excluding hydrogens is 288 g/mol. The normalized spacial score (nSPS) is 20.0. The van der Waals surface area contributed by atoms with Crippen LogP contribution < -0.4 is 10.9 Å². The molecule has 0 bridgehead atoms. The quantitative estimate of drug-likeness (QED) is 0.548. The van der Waals surface area contributed by atoms with Gasteiger partial charge in [0.25, 0.3) is 0 Å². The first-order valence-electron chi connectivity index (χ1n) is 7.98. The van der Waals surface area contributed by atoms with Gasteiger partial charge in [-0.25, -0.2) is 20.9 Å². The molecule has 0 aromatic carbocycles. The number of hydrogen-bond acceptors (Lipinski definition) is 6. The highest BCUT2D eigenvalue weighted by molar-refractivity contribution is 5.69. The molecule has 2 aliphatic rings. The first kappa shape index (κ1) is 18.8. The van der Waals surface area contributed by atoms with Crippen LogP contribution in [-0.4, -0.2) is 71.4 Å². The van der Waals surface area contributed by atoms with E-state index in [1.54, 1.807) is 0 Å². The Morgan fingerprint density at radius 3 is 1.27 bits per heavy atom. The molecule has 8 nitrogen and oxygen atoms in total. The molecule has 0 aromatic heterocycles. The monoisotopic (exact) mass is 316 g/mol. The number of carbonyl (C=O) groups is 2. The van der Waals surface area contributed by atoms with E-state index >= 15 is 0 Å². The Bertz CT molecular complexity index is 297. The molecule has 0 spiro atoms. The average Bonchev–Trinajstić information content (AvgIpc) is 2.53. The van der Waals surface area contributed by atoms with Crippen molar-refractivity contribution in [2.24, 2.45) is 0 Å². The molecule has 0 saturated carbocycles. The maximum atomic E-state index is 10.2. The Kier molecular flexibility index (Phi) is 9.72. The van der Waals surface area contributed by atoms with Gasteiger partial charge in [-0.1, -0.05) is 12.8 Å². The first-order valence-corrected chi connectivity index (χ1v) is 7.98. The average molecular weight is 316 g/mol. The number of aliphatic carboxylic acids is 2. The summed E-state index contributed by atoms with van der Waals surface area (Å²) < 4.78 is 0. The topological polar surface area (TPSA) is 105 Å². The molecule has 0 aromatic rings. The molecule has 0 radical (unpaired) electrons. The van der Waals surface area contributed by atoms with Gasteiger partial charge in [-0.05, 0) is 25.7 Å². The Morgan fingerprint density at radius 2 is 1.00 bits per heavy atom. The highest BCUT2D eigenvalue weighted by Gasteiger charge is 2.10. The van der Waals surface area contributed by atoms with Gasteiger partial charge in [-0.2, -0.15) is 0 Å². The minimum Gasteiger partial charge on any atom is -0.480 e. The van der Waals surface area contributed by atoms with E-state index in [4.69, 9.17) is 10.2 Å². The number of rotatable bonds is 6. The Hall–Kier alpha value is -1.22. The lowest BCUT2D eigenvalue weighted by atomic mass is 10.2. The Morgan fingerprint density at radius 1 is 0.682 bits per heavy atom. The van der Waals surface area contributed by atoms with E-state index in [1.807, 2.05) is 10.0 Å². The van der Waals surface area contributed by atoms with Gasteiger partial charge in [-0.15, -0.1) is 0 Å². The maximum Gasteiger partial charge on any atom is 0.318 e. The highest BCUT2D eigenvalue weighted by Crippen LogP contribution is 2.05. The lowest BCUT2D eigenvalue weighted by Crippen LogP contribution is -2.43. The van der Waals surface area contributed by atoms with Crippen molar-refractivity contribution < 1.29 is 19.8 Å². The third-order valence-corrected chi connectivity index (χ3v) is 3.62. The number of carboxylic acid groups (broad SMARTS) is 2. The Balaban J connectivity index is 0.000000220. The van der Waals surface area contributed by atoms with E-state index in [9.17, 15) is 9.59 Å². The fourth-order valence-electron chi connectivity index (χ4n) is 2.46. The van der Waals surface area contributed by atoms with Gasteiger partial charge in [-0.3, -0.25) is 9.59 Å². The molecule has 2 rings (SSSR count). The molecule has 2 heterocycles. The molecule has 0 atom stereocenters. The van der Waals surface area contributed by atoms with E-state index in [2.05, 4.69) is 10.9 Å². The lowest BCUT2D eigenvalue weighted by molar-refractivity contribution is -0.138. The van der Waals surface area contributed by atoms with Crippen LogP contribution >= 0.6 is 0 Å².